The van der Waals surface area contributed by atoms with Crippen molar-refractivity contribution in [3.05, 3.63) is 66.4 Å². The number of hydrogen-bond donors (Lipinski definition) is 1. The number of nitrogens with zero attached hydrogens (tertiary/aromatic N) is 1. The lowest BCUT2D eigenvalue weighted by Gasteiger charge is -2.08. The molecule has 0 aliphatic heterocycles. The van der Waals surface area contributed by atoms with E-state index in [1.807, 2.05) is 36.4 Å². The number of rotatable bonds is 3. The molecule has 0 aliphatic rings. The first-order valence-corrected chi connectivity index (χ1v) is 7.24. The number of hydrogen-bond acceptors (Lipinski definition) is 3. The molecule has 1 heterocycles. The molecule has 0 aliphatic carbocycles. The molecule has 3 rings (SSSR count). The molecule has 0 fully saturated rings. The van der Waals surface area contributed by atoms with Crippen molar-refractivity contribution in [1.29, 1.82) is 0 Å². The van der Waals surface area contributed by atoms with E-state index in [1.165, 1.54) is 11.5 Å². The van der Waals surface area contributed by atoms with Gasteiger partial charge in [0, 0.05) is 18.5 Å². The van der Waals surface area contributed by atoms with E-state index in [0.717, 1.165) is 10.9 Å². The van der Waals surface area contributed by atoms with Crippen LogP contribution in [0.2, 0.25) is 0 Å². The number of ether oxygens (including phenoxy) is 1. The van der Waals surface area contributed by atoms with Crippen molar-refractivity contribution < 1.29 is 14.3 Å². The van der Waals surface area contributed by atoms with Gasteiger partial charge in [0.1, 0.15) is 6.61 Å². The lowest BCUT2D eigenvalue weighted by Crippen LogP contribution is -2.12. The maximum atomic E-state index is 12.3. The zero-order chi connectivity index (χ0) is 16.2. The summed E-state index contributed by atoms with van der Waals surface area (Å²) in [4.78, 5) is 23.5. The summed E-state index contributed by atoms with van der Waals surface area (Å²) in [7, 11) is 0. The molecule has 1 amide bonds. The Morgan fingerprint density at radius 1 is 1.04 bits per heavy atom. The van der Waals surface area contributed by atoms with Crippen molar-refractivity contribution in [2.24, 2.45) is 0 Å². The van der Waals surface area contributed by atoms with Crippen molar-refractivity contribution in [2.75, 3.05) is 5.32 Å². The molecule has 116 valence electrons. The number of benzene rings is 2. The van der Waals surface area contributed by atoms with Gasteiger partial charge in [0.25, 0.3) is 0 Å². The topological polar surface area (TPSA) is 60.3 Å². The summed E-state index contributed by atoms with van der Waals surface area (Å²) in [6, 6.07) is 16.7. The van der Waals surface area contributed by atoms with Crippen LogP contribution in [0.3, 0.4) is 0 Å². The zero-order valence-electron chi connectivity index (χ0n) is 12.7. The Labute approximate surface area is 133 Å². The van der Waals surface area contributed by atoms with Gasteiger partial charge in [-0.25, -0.2) is 4.79 Å². The van der Waals surface area contributed by atoms with Gasteiger partial charge in [-0.15, -0.1) is 0 Å². The fraction of sp³-hybridized carbons (Fsp3) is 0.111. The van der Waals surface area contributed by atoms with Crippen LogP contribution in [0.15, 0.2) is 60.8 Å². The number of aromatic nitrogens is 1. The minimum absolute atomic E-state index is 0.156. The lowest BCUT2D eigenvalue weighted by molar-refractivity contribution is -0.114. The van der Waals surface area contributed by atoms with E-state index >= 15 is 0 Å². The molecule has 2 aromatic carbocycles. The standard InChI is InChI=1S/C18H16N2O3/c1-13(21)19-16-8-5-9-17-15(16)10-11-20(17)18(22)23-12-14-6-3-2-4-7-14/h2-11H,12H2,1H3,(H,19,21). The number of amides is 1. The van der Waals surface area contributed by atoms with Gasteiger partial charge in [-0.3, -0.25) is 9.36 Å². The van der Waals surface area contributed by atoms with E-state index in [4.69, 9.17) is 4.74 Å². The second kappa shape index (κ2) is 6.36. The first-order chi connectivity index (χ1) is 11.1. The third-order valence-electron chi connectivity index (χ3n) is 3.45. The molecule has 0 unspecified atom stereocenters. The largest absolute Gasteiger partial charge is 0.444 e. The molecular weight excluding hydrogens is 292 g/mol. The van der Waals surface area contributed by atoms with E-state index in [1.54, 1.807) is 24.4 Å². The van der Waals surface area contributed by atoms with Crippen molar-refractivity contribution in [3.8, 4) is 0 Å². The summed E-state index contributed by atoms with van der Waals surface area (Å²) in [6.45, 7) is 1.66. The fourth-order valence-corrected chi connectivity index (χ4v) is 2.41. The van der Waals surface area contributed by atoms with Crippen LogP contribution in [-0.2, 0) is 16.1 Å². The number of carbonyl (C=O) groups excluding carboxylic acids is 2. The van der Waals surface area contributed by atoms with E-state index < -0.39 is 6.09 Å². The molecule has 3 aromatic rings. The third kappa shape index (κ3) is 3.23. The van der Waals surface area contributed by atoms with Crippen LogP contribution in [0, 0.1) is 0 Å². The van der Waals surface area contributed by atoms with Gasteiger partial charge < -0.3 is 10.1 Å². The number of anilines is 1. The Balaban J connectivity index is 1.82. The molecule has 0 saturated heterocycles. The smallest absolute Gasteiger partial charge is 0.418 e. The van der Waals surface area contributed by atoms with Crippen LogP contribution in [0.25, 0.3) is 10.9 Å². The highest BCUT2D eigenvalue weighted by molar-refractivity contribution is 6.02. The SMILES string of the molecule is CC(=O)Nc1cccc2c1ccn2C(=O)OCc1ccccc1. The molecule has 1 aromatic heterocycles. The van der Waals surface area contributed by atoms with Gasteiger partial charge >= 0.3 is 6.09 Å². The van der Waals surface area contributed by atoms with E-state index in [9.17, 15) is 9.59 Å². The van der Waals surface area contributed by atoms with Crippen molar-refractivity contribution in [2.45, 2.75) is 13.5 Å². The van der Waals surface area contributed by atoms with Gasteiger partial charge in [0.2, 0.25) is 5.91 Å². The first-order valence-electron chi connectivity index (χ1n) is 7.24. The average molecular weight is 308 g/mol. The summed E-state index contributed by atoms with van der Waals surface area (Å²) in [5.74, 6) is -0.156. The maximum Gasteiger partial charge on any atom is 0.418 e. The Hall–Kier alpha value is -3.08. The summed E-state index contributed by atoms with van der Waals surface area (Å²) in [6.07, 6.45) is 1.19. The first kappa shape index (κ1) is 14.8. The zero-order valence-corrected chi connectivity index (χ0v) is 12.7. The van der Waals surface area contributed by atoms with Crippen LogP contribution in [0.5, 0.6) is 0 Å². The minimum atomic E-state index is -0.455. The highest BCUT2D eigenvalue weighted by Gasteiger charge is 2.12. The molecule has 0 atom stereocenters. The normalized spacial score (nSPS) is 10.5. The van der Waals surface area contributed by atoms with Crippen LogP contribution in [0.4, 0.5) is 10.5 Å². The van der Waals surface area contributed by atoms with Crippen molar-refractivity contribution in [1.82, 2.24) is 4.57 Å². The molecule has 1 N–H and O–H groups in total. The Kier molecular flexibility index (Phi) is 4.10. The quantitative estimate of drug-likeness (QED) is 0.801. The lowest BCUT2D eigenvalue weighted by atomic mass is 10.2. The summed E-state index contributed by atoms with van der Waals surface area (Å²) >= 11 is 0. The molecular formula is C18H16N2O3. The molecule has 0 spiro atoms. The van der Waals surface area contributed by atoms with Crippen LogP contribution in [0.1, 0.15) is 12.5 Å². The van der Waals surface area contributed by atoms with Gasteiger partial charge in [0.05, 0.1) is 11.2 Å². The predicted octanol–water partition coefficient (Wildman–Crippen LogP) is 3.78. The summed E-state index contributed by atoms with van der Waals surface area (Å²) in [5, 5.41) is 3.54. The maximum absolute atomic E-state index is 12.3. The fourth-order valence-electron chi connectivity index (χ4n) is 2.41. The molecule has 5 nitrogen and oxygen atoms in total. The highest BCUT2D eigenvalue weighted by atomic mass is 16.5. The second-order valence-electron chi connectivity index (χ2n) is 5.15. The molecule has 0 radical (unpaired) electrons. The Morgan fingerprint density at radius 2 is 1.83 bits per heavy atom. The van der Waals surface area contributed by atoms with E-state index in [-0.39, 0.29) is 12.5 Å². The monoisotopic (exact) mass is 308 g/mol. The van der Waals surface area contributed by atoms with Crippen LogP contribution >= 0.6 is 0 Å². The number of fused-ring (bicyclic) bond motifs is 1. The third-order valence-corrected chi connectivity index (χ3v) is 3.45. The molecule has 23 heavy (non-hydrogen) atoms. The summed E-state index contributed by atoms with van der Waals surface area (Å²) < 4.78 is 6.77. The summed E-state index contributed by atoms with van der Waals surface area (Å²) in [5.41, 5.74) is 2.29. The Bertz CT molecular complexity index is 853. The molecule has 5 heteroatoms. The van der Waals surface area contributed by atoms with E-state index in [2.05, 4.69) is 5.32 Å². The molecule has 0 saturated carbocycles. The molecule has 0 bridgehead atoms. The van der Waals surface area contributed by atoms with Crippen LogP contribution < -0.4 is 5.32 Å². The highest BCUT2D eigenvalue weighted by Crippen LogP contribution is 2.24. The van der Waals surface area contributed by atoms with Gasteiger partial charge in [-0.1, -0.05) is 36.4 Å². The van der Waals surface area contributed by atoms with Crippen molar-refractivity contribution >= 4 is 28.6 Å². The predicted molar refractivity (Wildman–Crippen MR) is 88.3 cm³/mol. The van der Waals surface area contributed by atoms with Crippen LogP contribution in [-0.4, -0.2) is 16.6 Å². The Morgan fingerprint density at radius 3 is 2.57 bits per heavy atom. The average Bonchev–Trinajstić information content (AvgIpc) is 2.98. The van der Waals surface area contributed by atoms with Crippen molar-refractivity contribution in [3.63, 3.8) is 0 Å². The minimum Gasteiger partial charge on any atom is -0.444 e. The number of nitrogens with one attached hydrogen (secondary N) is 1. The second-order valence-corrected chi connectivity index (χ2v) is 5.15. The van der Waals surface area contributed by atoms with Gasteiger partial charge in [-0.05, 0) is 23.8 Å². The van der Waals surface area contributed by atoms with E-state index in [0.29, 0.717) is 11.2 Å². The van der Waals surface area contributed by atoms with Gasteiger partial charge in [-0.2, -0.15) is 0 Å². The van der Waals surface area contributed by atoms with Gasteiger partial charge in [0.15, 0.2) is 0 Å². The number of carbonyl (C=O) groups is 2.